The molecule has 0 saturated carbocycles. The molecular formula is C16H19O4P. The molecule has 0 aliphatic rings. The van der Waals surface area contributed by atoms with Gasteiger partial charge in [0.15, 0.2) is 0 Å². The van der Waals surface area contributed by atoms with E-state index in [1.807, 2.05) is 48.5 Å². The Kier molecular flexibility index (Phi) is 6.15. The summed E-state index contributed by atoms with van der Waals surface area (Å²) in [7, 11) is -0.953. The van der Waals surface area contributed by atoms with E-state index in [0.717, 1.165) is 22.3 Å². The van der Waals surface area contributed by atoms with Crippen molar-refractivity contribution in [3.63, 3.8) is 0 Å². The molecule has 1 atom stereocenters. The normalized spacial score (nSPS) is 12.3. The van der Waals surface area contributed by atoms with Crippen LogP contribution >= 0.6 is 8.25 Å². The van der Waals surface area contributed by atoms with Gasteiger partial charge in [0.1, 0.15) is 0 Å². The highest BCUT2D eigenvalue weighted by Crippen LogP contribution is 2.23. The number of aliphatic hydroxyl groups excluding tert-OH is 1. The summed E-state index contributed by atoms with van der Waals surface area (Å²) in [6, 6.07) is 16.0. The van der Waals surface area contributed by atoms with E-state index < -0.39 is 8.25 Å². The third kappa shape index (κ3) is 4.80. The number of aliphatic hydroxyl groups is 1. The second kappa shape index (κ2) is 8.11. The molecule has 21 heavy (non-hydrogen) atoms. The summed E-state index contributed by atoms with van der Waals surface area (Å²) in [6.45, 7) is 0.444. The minimum Gasteiger partial charge on any atom is -0.392 e. The molecule has 2 rings (SSSR count). The minimum absolute atomic E-state index is 0.0594. The average molecular weight is 306 g/mol. The standard InChI is InChI=1S/C16H19O4P/c1-19-21(18)20-11-10-13-2-6-15(7-3-13)16-8-4-14(12-17)5-9-16/h2-9,17,21H,10-12H2,1H3. The van der Waals surface area contributed by atoms with Crippen molar-refractivity contribution in [2.75, 3.05) is 13.7 Å². The van der Waals surface area contributed by atoms with Crippen LogP contribution in [0.1, 0.15) is 11.1 Å². The summed E-state index contributed by atoms with van der Waals surface area (Å²) in [5, 5.41) is 9.03. The smallest absolute Gasteiger partial charge is 0.318 e. The van der Waals surface area contributed by atoms with Crippen LogP contribution in [0.15, 0.2) is 48.5 Å². The maximum Gasteiger partial charge on any atom is 0.318 e. The molecule has 0 amide bonds. The van der Waals surface area contributed by atoms with Crippen LogP contribution in [0.3, 0.4) is 0 Å². The monoisotopic (exact) mass is 306 g/mol. The van der Waals surface area contributed by atoms with E-state index in [2.05, 4.69) is 4.52 Å². The molecule has 0 aromatic heterocycles. The van der Waals surface area contributed by atoms with Gasteiger partial charge in [0, 0.05) is 7.11 Å². The fourth-order valence-corrected chi connectivity index (χ4v) is 2.36. The molecule has 0 aliphatic heterocycles. The Morgan fingerprint density at radius 3 is 1.95 bits per heavy atom. The molecule has 0 saturated heterocycles. The van der Waals surface area contributed by atoms with Gasteiger partial charge >= 0.3 is 8.25 Å². The second-order valence-corrected chi connectivity index (χ2v) is 5.80. The summed E-state index contributed by atoms with van der Waals surface area (Å²) in [4.78, 5) is 0. The van der Waals surface area contributed by atoms with Crippen molar-refractivity contribution in [3.8, 4) is 11.1 Å². The Morgan fingerprint density at radius 2 is 1.48 bits per heavy atom. The lowest BCUT2D eigenvalue weighted by Crippen LogP contribution is -1.93. The third-order valence-corrected chi connectivity index (χ3v) is 3.97. The van der Waals surface area contributed by atoms with Gasteiger partial charge in [0.05, 0.1) is 13.2 Å². The molecule has 1 unspecified atom stereocenters. The lowest BCUT2D eigenvalue weighted by Gasteiger charge is -2.06. The lowest BCUT2D eigenvalue weighted by molar-refractivity contribution is 0.259. The van der Waals surface area contributed by atoms with Crippen molar-refractivity contribution in [2.45, 2.75) is 13.0 Å². The Bertz CT molecular complexity index is 578. The average Bonchev–Trinajstić information content (AvgIpc) is 2.55. The largest absolute Gasteiger partial charge is 0.392 e. The first-order chi connectivity index (χ1) is 10.2. The van der Waals surface area contributed by atoms with E-state index in [1.165, 1.54) is 7.11 Å². The zero-order valence-electron chi connectivity index (χ0n) is 11.9. The summed E-state index contributed by atoms with van der Waals surface area (Å²) < 4.78 is 20.6. The van der Waals surface area contributed by atoms with E-state index in [1.54, 1.807) is 0 Å². The molecule has 0 heterocycles. The van der Waals surface area contributed by atoms with Gasteiger partial charge in [-0.05, 0) is 28.7 Å². The van der Waals surface area contributed by atoms with Crippen molar-refractivity contribution in [2.24, 2.45) is 0 Å². The SMILES string of the molecule is CO[PH](=O)OCCc1ccc(-c2ccc(CO)cc2)cc1. The van der Waals surface area contributed by atoms with Gasteiger partial charge in [-0.3, -0.25) is 4.57 Å². The highest BCUT2D eigenvalue weighted by atomic mass is 31.1. The summed E-state index contributed by atoms with van der Waals surface area (Å²) in [6.07, 6.45) is 0.698. The van der Waals surface area contributed by atoms with Gasteiger partial charge in [-0.25, -0.2) is 0 Å². The lowest BCUT2D eigenvalue weighted by atomic mass is 10.0. The fraction of sp³-hybridized carbons (Fsp3) is 0.250. The first-order valence-electron chi connectivity index (χ1n) is 6.73. The first-order valence-corrected chi connectivity index (χ1v) is 7.95. The molecule has 0 aliphatic carbocycles. The number of hydrogen-bond donors (Lipinski definition) is 1. The van der Waals surface area contributed by atoms with Gasteiger partial charge in [-0.2, -0.15) is 0 Å². The third-order valence-electron chi connectivity index (χ3n) is 3.20. The quantitative estimate of drug-likeness (QED) is 0.796. The van der Waals surface area contributed by atoms with E-state index in [4.69, 9.17) is 9.63 Å². The molecule has 0 bridgehead atoms. The Morgan fingerprint density at radius 1 is 0.952 bits per heavy atom. The predicted molar refractivity (Wildman–Crippen MR) is 83.5 cm³/mol. The molecule has 4 nitrogen and oxygen atoms in total. The van der Waals surface area contributed by atoms with Crippen molar-refractivity contribution >= 4 is 8.25 Å². The molecular weight excluding hydrogens is 287 g/mol. The van der Waals surface area contributed by atoms with Gasteiger partial charge in [-0.1, -0.05) is 48.5 Å². The van der Waals surface area contributed by atoms with Crippen LogP contribution in [0.2, 0.25) is 0 Å². The zero-order chi connectivity index (χ0) is 15.1. The second-order valence-electron chi connectivity index (χ2n) is 4.60. The summed E-state index contributed by atoms with van der Waals surface area (Å²) in [5.41, 5.74) is 4.26. The molecule has 0 radical (unpaired) electrons. The van der Waals surface area contributed by atoms with Crippen LogP contribution in [-0.4, -0.2) is 18.8 Å². The molecule has 0 fully saturated rings. The summed E-state index contributed by atoms with van der Waals surface area (Å²) in [5.74, 6) is 0. The van der Waals surface area contributed by atoms with Crippen molar-refractivity contribution in [1.29, 1.82) is 0 Å². The maximum absolute atomic E-state index is 11.0. The van der Waals surface area contributed by atoms with Crippen molar-refractivity contribution < 1.29 is 18.7 Å². The van der Waals surface area contributed by atoms with Gasteiger partial charge in [-0.15, -0.1) is 0 Å². The highest BCUT2D eigenvalue weighted by molar-refractivity contribution is 7.33. The molecule has 2 aromatic rings. The molecule has 112 valence electrons. The van der Waals surface area contributed by atoms with Crippen LogP contribution in [0.4, 0.5) is 0 Å². The van der Waals surface area contributed by atoms with E-state index in [-0.39, 0.29) is 6.61 Å². The van der Waals surface area contributed by atoms with Gasteiger partial charge in [0.2, 0.25) is 0 Å². The van der Waals surface area contributed by atoms with Crippen LogP contribution < -0.4 is 0 Å². The number of benzene rings is 2. The van der Waals surface area contributed by atoms with Crippen LogP contribution in [0.25, 0.3) is 11.1 Å². The molecule has 0 spiro atoms. The van der Waals surface area contributed by atoms with Crippen LogP contribution in [-0.2, 0) is 26.6 Å². The molecule has 2 aromatic carbocycles. The summed E-state index contributed by atoms with van der Waals surface area (Å²) >= 11 is 0. The predicted octanol–water partition coefficient (Wildman–Crippen LogP) is 3.44. The Labute approximate surface area is 125 Å². The van der Waals surface area contributed by atoms with Crippen molar-refractivity contribution in [1.82, 2.24) is 0 Å². The van der Waals surface area contributed by atoms with Gasteiger partial charge < -0.3 is 14.2 Å². The van der Waals surface area contributed by atoms with Crippen LogP contribution in [0, 0.1) is 0 Å². The molecule has 5 heteroatoms. The zero-order valence-corrected chi connectivity index (χ0v) is 12.9. The van der Waals surface area contributed by atoms with E-state index in [9.17, 15) is 4.57 Å². The topological polar surface area (TPSA) is 55.8 Å². The number of rotatable bonds is 7. The Balaban J connectivity index is 1.96. The Hall–Kier alpha value is -1.45. The van der Waals surface area contributed by atoms with Gasteiger partial charge in [0.25, 0.3) is 0 Å². The maximum atomic E-state index is 11.0. The van der Waals surface area contributed by atoms with Crippen LogP contribution in [0.5, 0.6) is 0 Å². The van der Waals surface area contributed by atoms with Crippen molar-refractivity contribution in [3.05, 3.63) is 59.7 Å². The first kappa shape index (κ1) is 15.9. The highest BCUT2D eigenvalue weighted by Gasteiger charge is 2.00. The fourth-order valence-electron chi connectivity index (χ4n) is 1.98. The molecule has 1 N–H and O–H groups in total. The van der Waals surface area contributed by atoms with E-state index >= 15 is 0 Å². The minimum atomic E-state index is -2.33. The van der Waals surface area contributed by atoms with E-state index in [0.29, 0.717) is 13.0 Å². The number of hydrogen-bond acceptors (Lipinski definition) is 4.